The van der Waals surface area contributed by atoms with Crippen LogP contribution in [0.1, 0.15) is 64.7 Å². The lowest BCUT2D eigenvalue weighted by Crippen LogP contribution is -2.44. The van der Waals surface area contributed by atoms with Gasteiger partial charge in [0.1, 0.15) is 11.6 Å². The maximum atomic E-state index is 13.3. The van der Waals surface area contributed by atoms with Gasteiger partial charge in [-0.15, -0.1) is 0 Å². The molecule has 30 heavy (non-hydrogen) atoms. The summed E-state index contributed by atoms with van der Waals surface area (Å²) in [5.74, 6) is -2.81. The van der Waals surface area contributed by atoms with E-state index >= 15 is 0 Å². The smallest absolute Gasteiger partial charge is 0.330 e. The lowest BCUT2D eigenvalue weighted by Gasteiger charge is -2.33. The minimum absolute atomic E-state index is 0.0316. The Kier molecular flexibility index (Phi) is 11.0. The van der Waals surface area contributed by atoms with E-state index in [0.717, 1.165) is 25.3 Å². The molecule has 0 heterocycles. The predicted molar refractivity (Wildman–Crippen MR) is 107 cm³/mol. The van der Waals surface area contributed by atoms with Crippen molar-refractivity contribution in [3.8, 4) is 0 Å². The molecular weight excluding hydrogens is 392 g/mol. The van der Waals surface area contributed by atoms with Gasteiger partial charge in [-0.05, 0) is 26.2 Å². The second kappa shape index (κ2) is 12.9. The number of hydrogen-bond donors (Lipinski definition) is 0. The molecular formula is C22H32O8. The van der Waals surface area contributed by atoms with Gasteiger partial charge >= 0.3 is 17.9 Å². The molecule has 1 rings (SSSR count). The maximum Gasteiger partial charge on any atom is 0.330 e. The summed E-state index contributed by atoms with van der Waals surface area (Å²) in [6.45, 7) is 4.67. The number of ether oxygens (including phenoxy) is 3. The van der Waals surface area contributed by atoms with E-state index in [1.165, 1.54) is 14.0 Å². The van der Waals surface area contributed by atoms with E-state index in [1.807, 2.05) is 0 Å². The first kappa shape index (κ1) is 25.5. The summed E-state index contributed by atoms with van der Waals surface area (Å²) in [4.78, 5) is 60.9. The van der Waals surface area contributed by atoms with E-state index < -0.39 is 29.1 Å². The molecule has 1 fully saturated rings. The van der Waals surface area contributed by atoms with Gasteiger partial charge in [0.05, 0.1) is 32.2 Å². The average Bonchev–Trinajstić information content (AvgIpc) is 2.75. The fraction of sp³-hybridized carbons (Fsp3) is 0.682. The monoisotopic (exact) mass is 424 g/mol. The molecule has 168 valence electrons. The number of carbonyl (C=O) groups is 5. The van der Waals surface area contributed by atoms with E-state index in [1.54, 1.807) is 0 Å². The van der Waals surface area contributed by atoms with Crippen molar-refractivity contribution in [1.29, 1.82) is 0 Å². The largest absolute Gasteiger partial charge is 0.469 e. The molecule has 0 bridgehead atoms. The molecule has 0 saturated heterocycles. The zero-order chi connectivity index (χ0) is 22.6. The van der Waals surface area contributed by atoms with Gasteiger partial charge in [0.2, 0.25) is 0 Å². The SMILES string of the molecule is C=CC(=O)OCCCOC(=O)CCC(CC(=O)OC)(C(C)=O)C(=O)C1CCCCC1. The Morgan fingerprint density at radius 2 is 1.63 bits per heavy atom. The van der Waals surface area contributed by atoms with Gasteiger partial charge in [-0.1, -0.05) is 25.8 Å². The van der Waals surface area contributed by atoms with Crippen LogP contribution in [0.4, 0.5) is 0 Å². The Bertz CT molecular complexity index is 648. The van der Waals surface area contributed by atoms with Crippen LogP contribution in [0.5, 0.6) is 0 Å². The third-order valence-electron chi connectivity index (χ3n) is 5.51. The number of hydrogen-bond acceptors (Lipinski definition) is 8. The van der Waals surface area contributed by atoms with Gasteiger partial charge in [0, 0.05) is 24.8 Å². The van der Waals surface area contributed by atoms with Crippen molar-refractivity contribution in [2.24, 2.45) is 11.3 Å². The lowest BCUT2D eigenvalue weighted by molar-refractivity contribution is -0.156. The molecule has 1 aliphatic rings. The molecule has 0 N–H and O–H groups in total. The quantitative estimate of drug-likeness (QED) is 0.146. The molecule has 1 saturated carbocycles. The van der Waals surface area contributed by atoms with Crippen LogP contribution in [0.3, 0.4) is 0 Å². The highest BCUT2D eigenvalue weighted by Gasteiger charge is 2.47. The summed E-state index contributed by atoms with van der Waals surface area (Å²) in [6, 6.07) is 0. The highest BCUT2D eigenvalue weighted by Crippen LogP contribution is 2.38. The predicted octanol–water partition coefficient (Wildman–Crippen LogP) is 2.72. The Balaban J connectivity index is 2.74. The number of carbonyl (C=O) groups excluding carboxylic acids is 5. The third-order valence-corrected chi connectivity index (χ3v) is 5.51. The molecule has 0 spiro atoms. The number of ketones is 2. The molecule has 1 aliphatic carbocycles. The number of methoxy groups -OCH3 is 1. The number of Topliss-reactive ketones (excluding diaryl/α,β-unsaturated/α-hetero) is 2. The highest BCUT2D eigenvalue weighted by atomic mass is 16.5. The average molecular weight is 424 g/mol. The minimum atomic E-state index is -1.58. The summed E-state index contributed by atoms with van der Waals surface area (Å²) in [5.41, 5.74) is -1.58. The molecule has 0 amide bonds. The van der Waals surface area contributed by atoms with Crippen LogP contribution in [0.2, 0.25) is 0 Å². The first-order valence-corrected chi connectivity index (χ1v) is 10.3. The van der Waals surface area contributed by atoms with Crippen LogP contribution in [0, 0.1) is 11.3 Å². The first-order valence-electron chi connectivity index (χ1n) is 10.3. The third kappa shape index (κ3) is 7.72. The van der Waals surface area contributed by atoms with E-state index in [4.69, 9.17) is 14.2 Å². The zero-order valence-electron chi connectivity index (χ0n) is 17.9. The summed E-state index contributed by atoms with van der Waals surface area (Å²) in [5, 5.41) is 0. The van der Waals surface area contributed by atoms with Crippen LogP contribution >= 0.6 is 0 Å². The summed E-state index contributed by atoms with van der Waals surface area (Å²) < 4.78 is 14.6. The van der Waals surface area contributed by atoms with Crippen LogP contribution in [0.25, 0.3) is 0 Å². The Labute approximate surface area is 177 Å². The normalized spacial score (nSPS) is 16.1. The summed E-state index contributed by atoms with van der Waals surface area (Å²) >= 11 is 0. The van der Waals surface area contributed by atoms with E-state index in [2.05, 4.69) is 6.58 Å². The van der Waals surface area contributed by atoms with Crippen LogP contribution in [-0.4, -0.2) is 49.8 Å². The van der Waals surface area contributed by atoms with Crippen molar-refractivity contribution in [2.45, 2.75) is 64.7 Å². The topological polar surface area (TPSA) is 113 Å². The Hall–Kier alpha value is -2.51. The van der Waals surface area contributed by atoms with Crippen molar-refractivity contribution in [1.82, 2.24) is 0 Å². The van der Waals surface area contributed by atoms with E-state index in [0.29, 0.717) is 19.3 Å². The molecule has 1 unspecified atom stereocenters. The number of esters is 3. The Morgan fingerprint density at radius 1 is 1.00 bits per heavy atom. The van der Waals surface area contributed by atoms with Gasteiger partial charge in [-0.2, -0.15) is 0 Å². The van der Waals surface area contributed by atoms with Gasteiger partial charge in [-0.25, -0.2) is 4.79 Å². The Morgan fingerprint density at radius 3 is 2.20 bits per heavy atom. The second-order valence-electron chi connectivity index (χ2n) is 7.54. The van der Waals surface area contributed by atoms with Gasteiger partial charge in [0.25, 0.3) is 0 Å². The molecule has 0 aromatic rings. The standard InChI is InChI=1S/C22H32O8/c1-4-18(24)29-13-8-14-30-19(25)11-12-22(16(2)23,15-20(26)28-3)21(27)17-9-6-5-7-10-17/h4,17H,1,5-15H2,2-3H3. The van der Waals surface area contributed by atoms with Crippen molar-refractivity contribution in [2.75, 3.05) is 20.3 Å². The van der Waals surface area contributed by atoms with E-state index in [-0.39, 0.29) is 44.2 Å². The zero-order valence-corrected chi connectivity index (χ0v) is 17.9. The molecule has 8 heteroatoms. The lowest BCUT2D eigenvalue weighted by atomic mass is 9.67. The molecule has 0 aromatic carbocycles. The van der Waals surface area contributed by atoms with Gasteiger partial charge in [-0.3, -0.25) is 19.2 Å². The molecule has 0 radical (unpaired) electrons. The van der Waals surface area contributed by atoms with Crippen molar-refractivity contribution in [3.63, 3.8) is 0 Å². The van der Waals surface area contributed by atoms with Crippen molar-refractivity contribution < 1.29 is 38.2 Å². The first-order chi connectivity index (χ1) is 14.3. The second-order valence-corrected chi connectivity index (χ2v) is 7.54. The maximum absolute atomic E-state index is 13.3. The fourth-order valence-electron chi connectivity index (χ4n) is 3.71. The van der Waals surface area contributed by atoms with Crippen LogP contribution in [0.15, 0.2) is 12.7 Å². The van der Waals surface area contributed by atoms with Crippen molar-refractivity contribution in [3.05, 3.63) is 12.7 Å². The molecule has 0 aromatic heterocycles. The van der Waals surface area contributed by atoms with Gasteiger partial charge < -0.3 is 14.2 Å². The molecule has 0 aliphatic heterocycles. The molecule has 1 atom stereocenters. The molecule has 8 nitrogen and oxygen atoms in total. The van der Waals surface area contributed by atoms with E-state index in [9.17, 15) is 24.0 Å². The van der Waals surface area contributed by atoms with Crippen molar-refractivity contribution >= 4 is 29.5 Å². The van der Waals surface area contributed by atoms with Gasteiger partial charge in [0.15, 0.2) is 0 Å². The summed E-state index contributed by atoms with van der Waals surface area (Å²) in [6.07, 6.45) is 4.91. The van der Waals surface area contributed by atoms with Crippen LogP contribution < -0.4 is 0 Å². The minimum Gasteiger partial charge on any atom is -0.469 e. The fourth-order valence-corrected chi connectivity index (χ4v) is 3.71. The number of rotatable bonds is 13. The summed E-state index contributed by atoms with van der Waals surface area (Å²) in [7, 11) is 1.20. The van der Waals surface area contributed by atoms with Crippen LogP contribution in [-0.2, 0) is 38.2 Å². The highest BCUT2D eigenvalue weighted by molar-refractivity contribution is 6.09.